The number of carbonyl (C=O) groups excluding carboxylic acids is 1. The van der Waals surface area contributed by atoms with E-state index in [0.717, 1.165) is 6.26 Å². The Labute approximate surface area is 56.4 Å². The summed E-state index contributed by atoms with van der Waals surface area (Å²) in [4.78, 5) is 9.80. The minimum atomic E-state index is -5.00. The molecule has 0 aromatic heterocycles. The monoisotopic (exact) mass is 175 g/mol. The molecule has 0 saturated heterocycles. The standard InChI is InChI=1S/C3H4F3NO2S/c1-10(9)7-2(8)3(4,5)6/h10H,1H3. The van der Waals surface area contributed by atoms with Crippen molar-refractivity contribution in [2.75, 3.05) is 6.26 Å². The molecule has 60 valence electrons. The van der Waals surface area contributed by atoms with Gasteiger partial charge >= 0.3 is 12.1 Å². The molecule has 0 heterocycles. The number of halogens is 3. The van der Waals surface area contributed by atoms with Gasteiger partial charge in [0.1, 0.15) is 0 Å². The van der Waals surface area contributed by atoms with E-state index in [-0.39, 0.29) is 0 Å². The largest absolute Gasteiger partial charge is 0.474 e. The van der Waals surface area contributed by atoms with E-state index in [4.69, 9.17) is 0 Å². The van der Waals surface area contributed by atoms with Crippen molar-refractivity contribution in [3.8, 4) is 0 Å². The van der Waals surface area contributed by atoms with Crippen LogP contribution in [-0.2, 0) is 15.4 Å². The zero-order valence-corrected chi connectivity index (χ0v) is 5.74. The van der Waals surface area contributed by atoms with Crippen molar-refractivity contribution in [2.24, 2.45) is 4.36 Å². The summed E-state index contributed by atoms with van der Waals surface area (Å²) >= 11 is 0. The lowest BCUT2D eigenvalue weighted by atomic mass is 10.6. The molecule has 1 unspecified atom stereocenters. The van der Waals surface area contributed by atoms with Crippen LogP contribution in [-0.4, -0.2) is 22.5 Å². The molecule has 0 bridgehead atoms. The smallest absolute Gasteiger partial charge is 0.261 e. The number of carbonyl (C=O) groups is 1. The summed E-state index contributed by atoms with van der Waals surface area (Å²) in [5.74, 6) is -2.30. The molecule has 3 nitrogen and oxygen atoms in total. The van der Waals surface area contributed by atoms with Gasteiger partial charge in [-0.15, -0.1) is 0 Å². The molecule has 0 rings (SSSR count). The third-order valence-corrected chi connectivity index (χ3v) is 0.937. The van der Waals surface area contributed by atoms with Gasteiger partial charge in [0.25, 0.3) is 0 Å². The zero-order valence-electron chi connectivity index (χ0n) is 4.84. The third kappa shape index (κ3) is 3.44. The average Bonchev–Trinajstić information content (AvgIpc) is 1.60. The second-order valence-electron chi connectivity index (χ2n) is 1.37. The number of hydrogen-bond acceptors (Lipinski definition) is 2. The van der Waals surface area contributed by atoms with Gasteiger partial charge in [0.05, 0.1) is 0 Å². The lowest BCUT2D eigenvalue weighted by Gasteiger charge is -1.96. The summed E-state index contributed by atoms with van der Waals surface area (Å²) in [6.07, 6.45) is -4.08. The van der Waals surface area contributed by atoms with Crippen LogP contribution in [0.3, 0.4) is 0 Å². The van der Waals surface area contributed by atoms with E-state index < -0.39 is 22.7 Å². The van der Waals surface area contributed by atoms with E-state index in [9.17, 15) is 22.2 Å². The lowest BCUT2D eigenvalue weighted by molar-refractivity contribution is -0.169. The van der Waals surface area contributed by atoms with Gasteiger partial charge < -0.3 is 0 Å². The van der Waals surface area contributed by atoms with Crippen molar-refractivity contribution < 1.29 is 22.2 Å². The molecule has 0 aromatic carbocycles. The highest BCUT2D eigenvalue weighted by molar-refractivity contribution is 7.74. The van der Waals surface area contributed by atoms with Crippen molar-refractivity contribution >= 4 is 16.5 Å². The van der Waals surface area contributed by atoms with Gasteiger partial charge in [0.15, 0.2) is 0 Å². The zero-order chi connectivity index (χ0) is 8.36. The second kappa shape index (κ2) is 3.00. The number of rotatable bonds is 0. The first kappa shape index (κ1) is 9.41. The number of amides is 1. The molecule has 0 radical (unpaired) electrons. The summed E-state index contributed by atoms with van der Waals surface area (Å²) in [6.45, 7) is 0. The number of nitrogens with zero attached hydrogens (tertiary/aromatic N) is 1. The topological polar surface area (TPSA) is 46.5 Å². The second-order valence-corrected chi connectivity index (χ2v) is 2.50. The van der Waals surface area contributed by atoms with Crippen molar-refractivity contribution in [2.45, 2.75) is 6.18 Å². The summed E-state index contributed by atoms with van der Waals surface area (Å²) in [5.41, 5.74) is 0. The van der Waals surface area contributed by atoms with E-state index in [1.807, 2.05) is 0 Å². The van der Waals surface area contributed by atoms with Crippen molar-refractivity contribution in [3.63, 3.8) is 0 Å². The first-order valence-corrected chi connectivity index (χ1v) is 3.73. The first-order chi connectivity index (χ1) is 4.34. The van der Waals surface area contributed by atoms with E-state index in [1.54, 1.807) is 0 Å². The van der Waals surface area contributed by atoms with Gasteiger partial charge in [-0.1, -0.05) is 0 Å². The Hall–Kier alpha value is -0.590. The molecule has 1 atom stereocenters. The Balaban J connectivity index is 4.42. The summed E-state index contributed by atoms with van der Waals surface area (Å²) in [7, 11) is -2.40. The highest BCUT2D eigenvalue weighted by atomic mass is 32.2. The summed E-state index contributed by atoms with van der Waals surface area (Å²) < 4.78 is 46.0. The molecule has 0 spiro atoms. The SMILES string of the molecule is C/[SH](=O)=N/C(=O)C(F)(F)F. The molecular weight excluding hydrogens is 171 g/mol. The molecule has 1 amide bonds. The summed E-state index contributed by atoms with van der Waals surface area (Å²) in [6, 6.07) is 0. The average molecular weight is 175 g/mol. The Bertz CT molecular complexity index is 214. The molecule has 10 heavy (non-hydrogen) atoms. The Morgan fingerprint density at radius 1 is 1.50 bits per heavy atom. The van der Waals surface area contributed by atoms with Crippen LogP contribution in [0.15, 0.2) is 4.36 Å². The fourth-order valence-corrected chi connectivity index (χ4v) is 0.554. The molecule has 0 aromatic rings. The Morgan fingerprint density at radius 2 is 1.90 bits per heavy atom. The molecule has 0 fully saturated rings. The Morgan fingerprint density at radius 3 is 2.00 bits per heavy atom. The molecule has 0 aliphatic rings. The normalized spacial score (nSPS) is 15.2. The number of hydrogen-bond donors (Lipinski definition) is 1. The van der Waals surface area contributed by atoms with Gasteiger partial charge in [-0.05, 0) is 0 Å². The minimum absolute atomic E-state index is 0.916. The van der Waals surface area contributed by atoms with E-state index >= 15 is 0 Å². The first-order valence-electron chi connectivity index (χ1n) is 2.07. The van der Waals surface area contributed by atoms with Crippen molar-refractivity contribution in [3.05, 3.63) is 0 Å². The van der Waals surface area contributed by atoms with E-state index in [1.165, 1.54) is 0 Å². The van der Waals surface area contributed by atoms with E-state index in [0.29, 0.717) is 0 Å². The van der Waals surface area contributed by atoms with Gasteiger partial charge in [-0.25, -0.2) is 0 Å². The molecular formula is C3H4F3NO2S. The number of thiol groups is 1. The maximum Gasteiger partial charge on any atom is 0.474 e. The van der Waals surface area contributed by atoms with Gasteiger partial charge in [0.2, 0.25) is 0 Å². The van der Waals surface area contributed by atoms with Crippen LogP contribution < -0.4 is 0 Å². The quantitative estimate of drug-likeness (QED) is 0.540. The van der Waals surface area contributed by atoms with Crippen LogP contribution in [0.1, 0.15) is 0 Å². The van der Waals surface area contributed by atoms with Crippen LogP contribution in [0.25, 0.3) is 0 Å². The molecule has 7 heteroatoms. The molecule has 0 N–H and O–H groups in total. The fourth-order valence-electron chi connectivity index (χ4n) is 0.185. The van der Waals surface area contributed by atoms with Crippen LogP contribution >= 0.6 is 0 Å². The predicted molar refractivity (Wildman–Crippen MR) is 29.0 cm³/mol. The molecule has 0 aliphatic heterocycles. The van der Waals surface area contributed by atoms with Gasteiger partial charge in [-0.2, -0.15) is 17.5 Å². The predicted octanol–water partition coefficient (Wildman–Crippen LogP) is 0.370. The highest BCUT2D eigenvalue weighted by Crippen LogP contribution is 2.16. The van der Waals surface area contributed by atoms with Crippen molar-refractivity contribution in [1.29, 1.82) is 0 Å². The van der Waals surface area contributed by atoms with Crippen LogP contribution in [0, 0.1) is 0 Å². The van der Waals surface area contributed by atoms with Gasteiger partial charge in [-0.3, -0.25) is 9.00 Å². The van der Waals surface area contributed by atoms with E-state index in [2.05, 4.69) is 4.36 Å². The van der Waals surface area contributed by atoms with Crippen LogP contribution in [0.5, 0.6) is 0 Å². The fraction of sp³-hybridized carbons (Fsp3) is 0.667. The van der Waals surface area contributed by atoms with Crippen molar-refractivity contribution in [1.82, 2.24) is 0 Å². The molecule has 0 saturated carbocycles. The maximum atomic E-state index is 11.2. The molecule has 0 aliphatic carbocycles. The third-order valence-electron chi connectivity index (χ3n) is 0.474. The van der Waals surface area contributed by atoms with Crippen LogP contribution in [0.2, 0.25) is 0 Å². The maximum absolute atomic E-state index is 11.2. The lowest BCUT2D eigenvalue weighted by Crippen LogP contribution is -2.20. The minimum Gasteiger partial charge on any atom is -0.261 e. The highest BCUT2D eigenvalue weighted by Gasteiger charge is 2.38. The number of alkyl halides is 3. The van der Waals surface area contributed by atoms with Gasteiger partial charge in [0, 0.05) is 16.9 Å². The Kier molecular flexibility index (Phi) is 2.82. The summed E-state index contributed by atoms with van der Waals surface area (Å²) in [5, 5.41) is 0. The van der Waals surface area contributed by atoms with Crippen LogP contribution in [0.4, 0.5) is 13.2 Å².